The Bertz CT molecular complexity index is 570. The molecule has 0 aromatic heterocycles. The number of nitrogens with two attached hydrogens (primary N) is 1. The Morgan fingerprint density at radius 2 is 1.53 bits per heavy atom. The van der Waals surface area contributed by atoms with Crippen LogP contribution in [0.2, 0.25) is 0 Å². The maximum absolute atomic E-state index is 9.92. The normalized spacial score (nSPS) is 23.9. The Kier molecular flexibility index (Phi) is 3.03. The minimum absolute atomic E-state index is 0.424. The molecule has 6 heteroatoms. The number of benzene rings is 1. The van der Waals surface area contributed by atoms with Crippen molar-refractivity contribution in [3.8, 4) is 0 Å². The Morgan fingerprint density at radius 3 is 2.11 bits per heavy atom. The molecule has 0 amide bonds. The zero-order chi connectivity index (χ0) is 14.3. The average Bonchev–Trinajstić information content (AvgIpc) is 2.33. The molecule has 0 spiro atoms. The van der Waals surface area contributed by atoms with E-state index < -0.39 is 35.1 Å². The van der Waals surface area contributed by atoms with E-state index in [2.05, 4.69) is 0 Å². The molecule has 2 rings (SSSR count). The fraction of sp³-hybridized carbons (Fsp3) is 0.231. The molecule has 0 radical (unpaired) electrons. The van der Waals surface area contributed by atoms with E-state index in [1.165, 1.54) is 6.07 Å². The van der Waals surface area contributed by atoms with Gasteiger partial charge in [-0.15, -0.1) is 0 Å². The molecule has 2 unspecified atom stereocenters. The quantitative estimate of drug-likeness (QED) is 0.429. The predicted octanol–water partition coefficient (Wildman–Crippen LogP) is 1.69. The van der Waals surface area contributed by atoms with E-state index in [0.29, 0.717) is 11.3 Å². The standard InChI is InChI=1S/C13H15NO5/c1-5-2-6(4-7(14)3-5)8-9(15)11(17)13(19)12(18)10(8)16/h2-4,8-9,15-19H,14H2,1H3. The van der Waals surface area contributed by atoms with Crippen molar-refractivity contribution < 1.29 is 25.5 Å². The molecule has 1 aliphatic carbocycles. The summed E-state index contributed by atoms with van der Waals surface area (Å²) in [5, 5.41) is 48.2. The molecule has 6 nitrogen and oxygen atoms in total. The Hall–Kier alpha value is -2.34. The van der Waals surface area contributed by atoms with Gasteiger partial charge in [0.25, 0.3) is 0 Å². The summed E-state index contributed by atoms with van der Waals surface area (Å²) in [5.74, 6) is -4.28. The van der Waals surface area contributed by atoms with E-state index in [4.69, 9.17) is 5.73 Å². The molecule has 0 saturated heterocycles. The maximum Gasteiger partial charge on any atom is 0.202 e. The monoisotopic (exact) mass is 265 g/mol. The van der Waals surface area contributed by atoms with Crippen LogP contribution in [-0.2, 0) is 0 Å². The van der Waals surface area contributed by atoms with E-state index in [1.54, 1.807) is 19.1 Å². The van der Waals surface area contributed by atoms with Gasteiger partial charge in [-0.25, -0.2) is 0 Å². The summed E-state index contributed by atoms with van der Waals surface area (Å²) in [6, 6.07) is 4.87. The van der Waals surface area contributed by atoms with Crippen LogP contribution in [0.4, 0.5) is 5.69 Å². The van der Waals surface area contributed by atoms with Gasteiger partial charge >= 0.3 is 0 Å². The number of anilines is 1. The zero-order valence-electron chi connectivity index (χ0n) is 10.2. The second kappa shape index (κ2) is 4.40. The summed E-state index contributed by atoms with van der Waals surface area (Å²) < 4.78 is 0. The second-order valence-electron chi connectivity index (χ2n) is 4.57. The molecule has 1 aromatic carbocycles. The average molecular weight is 265 g/mol. The van der Waals surface area contributed by atoms with Gasteiger partial charge in [-0.3, -0.25) is 0 Å². The van der Waals surface area contributed by atoms with E-state index in [-0.39, 0.29) is 0 Å². The van der Waals surface area contributed by atoms with Crippen LogP contribution >= 0.6 is 0 Å². The van der Waals surface area contributed by atoms with Crippen LogP contribution in [0.25, 0.3) is 0 Å². The number of hydrogen-bond donors (Lipinski definition) is 6. The van der Waals surface area contributed by atoms with Gasteiger partial charge in [-0.2, -0.15) is 0 Å². The van der Waals surface area contributed by atoms with Crippen LogP contribution < -0.4 is 5.73 Å². The van der Waals surface area contributed by atoms with Crippen molar-refractivity contribution in [1.82, 2.24) is 0 Å². The molecule has 7 N–H and O–H groups in total. The van der Waals surface area contributed by atoms with E-state index in [9.17, 15) is 25.5 Å². The lowest BCUT2D eigenvalue weighted by Crippen LogP contribution is -2.29. The number of aryl methyl sites for hydroxylation is 1. The molecular weight excluding hydrogens is 250 g/mol. The molecule has 102 valence electrons. The smallest absolute Gasteiger partial charge is 0.202 e. The third-order valence-electron chi connectivity index (χ3n) is 3.08. The summed E-state index contributed by atoms with van der Waals surface area (Å²) in [6.45, 7) is 1.78. The van der Waals surface area contributed by atoms with Crippen LogP contribution in [0.3, 0.4) is 0 Å². The third kappa shape index (κ3) is 2.06. The topological polar surface area (TPSA) is 127 Å². The van der Waals surface area contributed by atoms with Gasteiger partial charge in [0.2, 0.25) is 5.76 Å². The fourth-order valence-corrected chi connectivity index (χ4v) is 2.20. The molecule has 1 aromatic rings. The molecule has 19 heavy (non-hydrogen) atoms. The molecule has 2 atom stereocenters. The minimum Gasteiger partial charge on any atom is -0.508 e. The van der Waals surface area contributed by atoms with Crippen LogP contribution in [0, 0.1) is 6.92 Å². The molecule has 0 saturated carbocycles. The van der Waals surface area contributed by atoms with Gasteiger partial charge in [0.15, 0.2) is 11.5 Å². The second-order valence-corrected chi connectivity index (χ2v) is 4.57. The lowest BCUT2D eigenvalue weighted by atomic mass is 9.85. The maximum atomic E-state index is 9.92. The number of rotatable bonds is 1. The SMILES string of the molecule is Cc1cc(N)cc(C2C(O)=C(O)C(O)=C(O)C2O)c1. The lowest BCUT2D eigenvalue weighted by molar-refractivity contribution is 0.0907. The van der Waals surface area contributed by atoms with Crippen molar-refractivity contribution in [2.75, 3.05) is 5.73 Å². The lowest BCUT2D eigenvalue weighted by Gasteiger charge is -2.27. The van der Waals surface area contributed by atoms with Crippen molar-refractivity contribution in [2.24, 2.45) is 0 Å². The fourth-order valence-electron chi connectivity index (χ4n) is 2.20. The van der Waals surface area contributed by atoms with Gasteiger partial charge in [0, 0.05) is 5.69 Å². The first-order valence-corrected chi connectivity index (χ1v) is 5.62. The van der Waals surface area contributed by atoms with Crippen LogP contribution in [0.1, 0.15) is 17.0 Å². The minimum atomic E-state index is -1.56. The van der Waals surface area contributed by atoms with Gasteiger partial charge < -0.3 is 31.3 Å². The summed E-state index contributed by atoms with van der Waals surface area (Å²) in [6.07, 6.45) is -1.56. The first-order valence-electron chi connectivity index (χ1n) is 5.62. The first-order chi connectivity index (χ1) is 8.82. The highest BCUT2D eigenvalue weighted by Crippen LogP contribution is 2.38. The molecule has 0 fully saturated rings. The molecule has 1 aliphatic rings. The summed E-state index contributed by atoms with van der Waals surface area (Å²) >= 11 is 0. The highest BCUT2D eigenvalue weighted by Gasteiger charge is 2.38. The number of nitrogen functional groups attached to an aromatic ring is 1. The number of aliphatic hydroxyl groups excluding tert-OH is 5. The molecule has 0 bridgehead atoms. The molecule has 0 aliphatic heterocycles. The summed E-state index contributed by atoms with van der Waals surface area (Å²) in [4.78, 5) is 0. The molecular formula is C13H15NO5. The zero-order valence-corrected chi connectivity index (χ0v) is 10.2. The number of aliphatic hydroxyl groups is 5. The Balaban J connectivity index is 2.57. The van der Waals surface area contributed by atoms with Crippen LogP contribution in [0.15, 0.2) is 41.2 Å². The summed E-state index contributed by atoms with van der Waals surface area (Å²) in [7, 11) is 0. The van der Waals surface area contributed by atoms with E-state index in [1.807, 2.05) is 0 Å². The van der Waals surface area contributed by atoms with Crippen molar-refractivity contribution in [3.63, 3.8) is 0 Å². The van der Waals surface area contributed by atoms with E-state index in [0.717, 1.165) is 5.56 Å². The predicted molar refractivity (Wildman–Crippen MR) is 68.9 cm³/mol. The Labute approximate surface area is 109 Å². The van der Waals surface area contributed by atoms with Crippen LogP contribution in [-0.4, -0.2) is 31.6 Å². The van der Waals surface area contributed by atoms with Crippen molar-refractivity contribution in [2.45, 2.75) is 18.9 Å². The van der Waals surface area contributed by atoms with E-state index >= 15 is 0 Å². The highest BCUT2D eigenvalue weighted by molar-refractivity contribution is 5.49. The largest absolute Gasteiger partial charge is 0.508 e. The number of hydrogen-bond acceptors (Lipinski definition) is 6. The van der Waals surface area contributed by atoms with Crippen molar-refractivity contribution >= 4 is 5.69 Å². The van der Waals surface area contributed by atoms with Gasteiger partial charge in [0.1, 0.15) is 11.9 Å². The van der Waals surface area contributed by atoms with Gasteiger partial charge in [-0.1, -0.05) is 6.07 Å². The Morgan fingerprint density at radius 1 is 0.947 bits per heavy atom. The molecule has 0 heterocycles. The summed E-state index contributed by atoms with van der Waals surface area (Å²) in [5.41, 5.74) is 7.33. The van der Waals surface area contributed by atoms with Crippen LogP contribution in [0.5, 0.6) is 0 Å². The first kappa shape index (κ1) is 13.1. The van der Waals surface area contributed by atoms with Crippen molar-refractivity contribution in [1.29, 1.82) is 0 Å². The van der Waals surface area contributed by atoms with Crippen molar-refractivity contribution in [3.05, 3.63) is 52.4 Å². The van der Waals surface area contributed by atoms with Gasteiger partial charge in [0.05, 0.1) is 5.92 Å². The highest BCUT2D eigenvalue weighted by atomic mass is 16.4. The third-order valence-corrected chi connectivity index (χ3v) is 3.08. The van der Waals surface area contributed by atoms with Gasteiger partial charge in [-0.05, 0) is 30.2 Å².